The maximum Gasteiger partial charge on any atom is 0.300 e. The average Bonchev–Trinajstić information content (AvgIpc) is 3.51. The van der Waals surface area contributed by atoms with E-state index in [4.69, 9.17) is 14.2 Å². The number of amides is 1. The van der Waals surface area contributed by atoms with Crippen molar-refractivity contribution >= 4 is 28.8 Å². The third-order valence-electron chi connectivity index (χ3n) is 6.78. The van der Waals surface area contributed by atoms with Gasteiger partial charge in [0.15, 0.2) is 11.5 Å². The summed E-state index contributed by atoms with van der Waals surface area (Å²) in [6, 6.07) is 18.7. The van der Waals surface area contributed by atoms with E-state index in [1.807, 2.05) is 24.3 Å². The van der Waals surface area contributed by atoms with Crippen LogP contribution in [0.25, 0.3) is 5.76 Å². The van der Waals surface area contributed by atoms with Crippen molar-refractivity contribution < 1.29 is 28.9 Å². The van der Waals surface area contributed by atoms with Crippen LogP contribution in [0, 0.1) is 0 Å². The molecule has 0 saturated carbocycles. The van der Waals surface area contributed by atoms with Crippen LogP contribution in [0.1, 0.15) is 31.0 Å². The van der Waals surface area contributed by atoms with Gasteiger partial charge in [0.05, 0.1) is 18.7 Å². The average molecular weight is 501 g/mol. The summed E-state index contributed by atoms with van der Waals surface area (Å²) in [4.78, 5) is 30.5. The van der Waals surface area contributed by atoms with E-state index >= 15 is 0 Å². The SMILES string of the molecule is CCN(CC)c1ccc(N2C(=O)C(=O)/C(=C(\O)c3ccc4c(c3)OCO4)C2c2ccc(OC)cc2)cc1. The van der Waals surface area contributed by atoms with E-state index < -0.39 is 17.7 Å². The highest BCUT2D eigenvalue weighted by Crippen LogP contribution is 2.44. The van der Waals surface area contributed by atoms with Crippen molar-refractivity contribution in [3.05, 3.63) is 83.4 Å². The number of carbonyl (C=O) groups excluding carboxylic acids is 2. The quantitative estimate of drug-likeness (QED) is 0.281. The van der Waals surface area contributed by atoms with Gasteiger partial charge in [-0.25, -0.2) is 0 Å². The molecule has 1 fully saturated rings. The summed E-state index contributed by atoms with van der Waals surface area (Å²) < 4.78 is 16.1. The van der Waals surface area contributed by atoms with E-state index in [9.17, 15) is 14.7 Å². The molecule has 1 amide bonds. The minimum absolute atomic E-state index is 0.00171. The van der Waals surface area contributed by atoms with E-state index in [0.717, 1.165) is 18.8 Å². The smallest absolute Gasteiger partial charge is 0.300 e. The zero-order valence-electron chi connectivity index (χ0n) is 20.9. The van der Waals surface area contributed by atoms with E-state index in [-0.39, 0.29) is 18.1 Å². The summed E-state index contributed by atoms with van der Waals surface area (Å²) in [5.74, 6) is -0.0921. The lowest BCUT2D eigenvalue weighted by Crippen LogP contribution is -2.29. The van der Waals surface area contributed by atoms with Gasteiger partial charge in [0.25, 0.3) is 11.7 Å². The molecule has 1 N–H and O–H groups in total. The molecule has 8 nitrogen and oxygen atoms in total. The summed E-state index contributed by atoms with van der Waals surface area (Å²) in [6.45, 7) is 5.94. The van der Waals surface area contributed by atoms with Gasteiger partial charge in [0, 0.05) is 30.0 Å². The molecule has 1 saturated heterocycles. The first-order valence-electron chi connectivity index (χ1n) is 12.2. The van der Waals surface area contributed by atoms with Gasteiger partial charge >= 0.3 is 0 Å². The second-order valence-corrected chi connectivity index (χ2v) is 8.70. The maximum absolute atomic E-state index is 13.4. The number of hydrogen-bond donors (Lipinski definition) is 1. The monoisotopic (exact) mass is 500 g/mol. The Morgan fingerprint density at radius 1 is 0.973 bits per heavy atom. The van der Waals surface area contributed by atoms with Crippen molar-refractivity contribution in [1.82, 2.24) is 0 Å². The van der Waals surface area contributed by atoms with Crippen molar-refractivity contribution in [2.75, 3.05) is 36.8 Å². The van der Waals surface area contributed by atoms with Crippen LogP contribution in [-0.2, 0) is 9.59 Å². The van der Waals surface area contributed by atoms with Crippen LogP contribution in [-0.4, -0.2) is 43.8 Å². The Bertz CT molecular complexity index is 1360. The number of aliphatic hydroxyl groups is 1. The van der Waals surface area contributed by atoms with Gasteiger partial charge in [0.2, 0.25) is 6.79 Å². The molecule has 2 aliphatic heterocycles. The summed E-state index contributed by atoms with van der Waals surface area (Å²) in [6.07, 6.45) is 0. The minimum Gasteiger partial charge on any atom is -0.507 e. The molecule has 2 heterocycles. The lowest BCUT2D eigenvalue weighted by Gasteiger charge is -2.27. The van der Waals surface area contributed by atoms with Crippen molar-refractivity contribution in [2.24, 2.45) is 0 Å². The molecule has 3 aromatic rings. The van der Waals surface area contributed by atoms with Gasteiger partial charge in [0.1, 0.15) is 11.5 Å². The Morgan fingerprint density at radius 2 is 1.65 bits per heavy atom. The highest BCUT2D eigenvalue weighted by Gasteiger charge is 2.47. The van der Waals surface area contributed by atoms with E-state index in [2.05, 4.69) is 18.7 Å². The molecule has 0 spiro atoms. The standard InChI is InChI=1S/C29H28N2O6/c1-4-30(5-2)20-9-11-21(12-10-20)31-26(18-6-13-22(35-3)14-7-18)25(28(33)29(31)34)27(32)19-8-15-23-24(16-19)37-17-36-23/h6-16,26,32H,4-5,17H2,1-3H3/b27-25-. The summed E-state index contributed by atoms with van der Waals surface area (Å²) >= 11 is 0. The molecule has 37 heavy (non-hydrogen) atoms. The largest absolute Gasteiger partial charge is 0.507 e. The Kier molecular flexibility index (Phi) is 6.48. The Labute approximate surface area is 215 Å². The van der Waals surface area contributed by atoms with Crippen LogP contribution in [0.4, 0.5) is 11.4 Å². The molecule has 3 aromatic carbocycles. The second kappa shape index (κ2) is 9.89. The first-order chi connectivity index (χ1) is 18.0. The van der Waals surface area contributed by atoms with E-state index in [1.54, 1.807) is 49.6 Å². The fourth-order valence-corrected chi connectivity index (χ4v) is 4.81. The molecule has 0 aliphatic carbocycles. The Morgan fingerprint density at radius 3 is 2.30 bits per heavy atom. The van der Waals surface area contributed by atoms with Crippen LogP contribution >= 0.6 is 0 Å². The van der Waals surface area contributed by atoms with Crippen molar-refractivity contribution in [3.63, 3.8) is 0 Å². The highest BCUT2D eigenvalue weighted by atomic mass is 16.7. The lowest BCUT2D eigenvalue weighted by molar-refractivity contribution is -0.132. The van der Waals surface area contributed by atoms with Crippen molar-refractivity contribution in [2.45, 2.75) is 19.9 Å². The van der Waals surface area contributed by atoms with Gasteiger partial charge in [-0.3, -0.25) is 14.5 Å². The molecule has 2 aliphatic rings. The third kappa shape index (κ3) is 4.24. The molecule has 8 heteroatoms. The summed E-state index contributed by atoms with van der Waals surface area (Å²) in [7, 11) is 1.57. The van der Waals surface area contributed by atoms with Crippen LogP contribution in [0.2, 0.25) is 0 Å². The van der Waals surface area contributed by atoms with Crippen LogP contribution < -0.4 is 24.0 Å². The minimum atomic E-state index is -0.837. The fraction of sp³-hybridized carbons (Fsp3) is 0.241. The predicted octanol–water partition coefficient (Wildman–Crippen LogP) is 4.90. The zero-order valence-corrected chi connectivity index (χ0v) is 20.9. The number of ether oxygens (including phenoxy) is 3. The topological polar surface area (TPSA) is 88.5 Å². The Hall–Kier alpha value is -4.46. The van der Waals surface area contributed by atoms with Gasteiger partial charge in [-0.2, -0.15) is 0 Å². The van der Waals surface area contributed by atoms with Gasteiger partial charge in [-0.15, -0.1) is 0 Å². The number of aliphatic hydroxyl groups excluding tert-OH is 1. The van der Waals surface area contributed by atoms with Crippen molar-refractivity contribution in [3.8, 4) is 17.2 Å². The number of carbonyl (C=O) groups is 2. The molecule has 190 valence electrons. The molecule has 0 bridgehead atoms. The number of rotatable bonds is 7. The number of ketones is 1. The molecule has 0 radical (unpaired) electrons. The normalized spacial score (nSPS) is 17.8. The zero-order chi connectivity index (χ0) is 26.1. The molecule has 1 unspecified atom stereocenters. The Balaban J connectivity index is 1.63. The third-order valence-corrected chi connectivity index (χ3v) is 6.78. The van der Waals surface area contributed by atoms with Crippen molar-refractivity contribution in [1.29, 1.82) is 0 Å². The molecule has 0 aromatic heterocycles. The molecule has 5 rings (SSSR count). The highest BCUT2D eigenvalue weighted by molar-refractivity contribution is 6.51. The number of fused-ring (bicyclic) bond motifs is 1. The summed E-state index contributed by atoms with van der Waals surface area (Å²) in [5.41, 5.74) is 2.60. The van der Waals surface area contributed by atoms with Crippen LogP contribution in [0.3, 0.4) is 0 Å². The fourth-order valence-electron chi connectivity index (χ4n) is 4.81. The lowest BCUT2D eigenvalue weighted by atomic mass is 9.95. The molecular formula is C29H28N2O6. The predicted molar refractivity (Wildman–Crippen MR) is 140 cm³/mol. The number of nitrogens with zero attached hydrogens (tertiary/aromatic N) is 2. The maximum atomic E-state index is 13.4. The van der Waals surface area contributed by atoms with Gasteiger partial charge in [-0.1, -0.05) is 12.1 Å². The first kappa shape index (κ1) is 24.2. The van der Waals surface area contributed by atoms with Gasteiger partial charge < -0.3 is 24.2 Å². The molecule has 1 atom stereocenters. The van der Waals surface area contributed by atoms with E-state index in [1.165, 1.54) is 4.90 Å². The number of hydrogen-bond acceptors (Lipinski definition) is 7. The number of benzene rings is 3. The first-order valence-corrected chi connectivity index (χ1v) is 12.2. The number of Topliss-reactive ketones (excluding diaryl/α,β-unsaturated/α-hetero) is 1. The number of anilines is 2. The molecular weight excluding hydrogens is 472 g/mol. The van der Waals surface area contributed by atoms with Crippen LogP contribution in [0.5, 0.6) is 17.2 Å². The van der Waals surface area contributed by atoms with Gasteiger partial charge in [-0.05, 0) is 74.0 Å². The number of methoxy groups -OCH3 is 1. The second-order valence-electron chi connectivity index (χ2n) is 8.70. The van der Waals surface area contributed by atoms with Crippen LogP contribution in [0.15, 0.2) is 72.3 Å². The van der Waals surface area contributed by atoms with E-state index in [0.29, 0.717) is 34.1 Å². The summed E-state index contributed by atoms with van der Waals surface area (Å²) in [5, 5.41) is 11.4.